The predicted molar refractivity (Wildman–Crippen MR) is 61.1 cm³/mol. The number of aryl methyl sites for hydroxylation is 1. The normalized spacial score (nSPS) is 15.2. The van der Waals surface area contributed by atoms with Crippen LogP contribution in [0.2, 0.25) is 0 Å². The fraction of sp³-hybridized carbons (Fsp3) is 0.727. The third-order valence-corrected chi connectivity index (χ3v) is 2.93. The van der Waals surface area contributed by atoms with Crippen LogP contribution in [0.4, 0.5) is 4.39 Å². The molecule has 0 bridgehead atoms. The van der Waals surface area contributed by atoms with E-state index in [4.69, 9.17) is 10.5 Å². The molecule has 0 aromatic carbocycles. The summed E-state index contributed by atoms with van der Waals surface area (Å²) in [6.45, 7) is 6.04. The van der Waals surface area contributed by atoms with E-state index in [1.807, 2.05) is 6.92 Å². The fourth-order valence-corrected chi connectivity index (χ4v) is 1.78. The van der Waals surface area contributed by atoms with Crippen molar-refractivity contribution < 1.29 is 9.13 Å². The van der Waals surface area contributed by atoms with Crippen molar-refractivity contribution in [2.24, 2.45) is 11.7 Å². The molecule has 1 rings (SSSR count). The lowest BCUT2D eigenvalue weighted by Crippen LogP contribution is -2.38. The van der Waals surface area contributed by atoms with Gasteiger partial charge in [0, 0.05) is 13.1 Å². The first-order valence-electron chi connectivity index (χ1n) is 5.50. The Morgan fingerprint density at radius 2 is 2.25 bits per heavy atom. The summed E-state index contributed by atoms with van der Waals surface area (Å²) in [5, 5.41) is 4.10. The van der Waals surface area contributed by atoms with Gasteiger partial charge in [-0.2, -0.15) is 5.10 Å². The van der Waals surface area contributed by atoms with E-state index in [0.29, 0.717) is 18.0 Å². The fourth-order valence-electron chi connectivity index (χ4n) is 1.78. The highest BCUT2D eigenvalue weighted by molar-refractivity contribution is 5.32. The van der Waals surface area contributed by atoms with Gasteiger partial charge in [-0.1, -0.05) is 13.8 Å². The Hall–Kier alpha value is -1.10. The molecular formula is C11H20FN3O. The van der Waals surface area contributed by atoms with E-state index < -0.39 is 5.67 Å². The van der Waals surface area contributed by atoms with Crippen molar-refractivity contribution in [2.75, 3.05) is 13.7 Å². The van der Waals surface area contributed by atoms with E-state index in [1.165, 1.54) is 13.3 Å². The number of methoxy groups -OCH3 is 1. The zero-order valence-corrected chi connectivity index (χ0v) is 10.3. The van der Waals surface area contributed by atoms with Crippen LogP contribution >= 0.6 is 0 Å². The average Bonchev–Trinajstić information content (AvgIpc) is 2.70. The predicted octanol–water partition coefficient (Wildman–Crippen LogP) is 1.69. The molecule has 0 aliphatic rings. The molecule has 2 N–H and O–H groups in total. The Morgan fingerprint density at radius 1 is 1.62 bits per heavy atom. The summed E-state index contributed by atoms with van der Waals surface area (Å²) in [4.78, 5) is 0. The van der Waals surface area contributed by atoms with Crippen LogP contribution in [-0.2, 0) is 12.2 Å². The number of halogens is 1. The van der Waals surface area contributed by atoms with Gasteiger partial charge in [0.05, 0.1) is 13.3 Å². The van der Waals surface area contributed by atoms with Crippen LogP contribution in [0.25, 0.3) is 0 Å². The van der Waals surface area contributed by atoms with Crippen LogP contribution < -0.4 is 10.5 Å². The van der Waals surface area contributed by atoms with Crippen LogP contribution in [-0.4, -0.2) is 23.4 Å². The molecule has 0 fully saturated rings. The summed E-state index contributed by atoms with van der Waals surface area (Å²) < 4.78 is 21.6. The molecule has 1 heterocycles. The van der Waals surface area contributed by atoms with E-state index in [2.05, 4.69) is 5.10 Å². The van der Waals surface area contributed by atoms with Crippen molar-refractivity contribution in [1.82, 2.24) is 9.78 Å². The van der Waals surface area contributed by atoms with E-state index in [9.17, 15) is 4.39 Å². The molecule has 1 atom stereocenters. The van der Waals surface area contributed by atoms with Gasteiger partial charge in [-0.15, -0.1) is 0 Å². The minimum Gasteiger partial charge on any atom is -0.493 e. The molecule has 1 aromatic rings. The van der Waals surface area contributed by atoms with Gasteiger partial charge in [-0.3, -0.25) is 4.68 Å². The lowest BCUT2D eigenvalue weighted by atomic mass is 9.88. The van der Waals surface area contributed by atoms with Crippen molar-refractivity contribution in [3.05, 3.63) is 11.9 Å². The Balaban J connectivity index is 3.32. The topological polar surface area (TPSA) is 53.1 Å². The lowest BCUT2D eigenvalue weighted by Gasteiger charge is -2.29. The summed E-state index contributed by atoms with van der Waals surface area (Å²) in [6.07, 6.45) is 1.53. The van der Waals surface area contributed by atoms with Gasteiger partial charge in [0.1, 0.15) is 5.69 Å². The van der Waals surface area contributed by atoms with E-state index >= 15 is 0 Å². The quantitative estimate of drug-likeness (QED) is 0.836. The number of ether oxygens (including phenoxy) is 1. The highest BCUT2D eigenvalue weighted by Gasteiger charge is 2.40. The maximum atomic E-state index is 14.8. The number of alkyl halides is 1. The van der Waals surface area contributed by atoms with Gasteiger partial charge in [0.25, 0.3) is 0 Å². The number of hydrogen-bond acceptors (Lipinski definition) is 3. The molecule has 4 nitrogen and oxygen atoms in total. The molecule has 0 aliphatic carbocycles. The van der Waals surface area contributed by atoms with Gasteiger partial charge in [0.15, 0.2) is 11.4 Å². The number of hydrogen-bond donors (Lipinski definition) is 1. The lowest BCUT2D eigenvalue weighted by molar-refractivity contribution is 0.0936. The summed E-state index contributed by atoms with van der Waals surface area (Å²) in [7, 11) is 1.51. The van der Waals surface area contributed by atoms with Gasteiger partial charge in [-0.25, -0.2) is 4.39 Å². The van der Waals surface area contributed by atoms with E-state index in [1.54, 1.807) is 18.5 Å². The molecule has 0 saturated heterocycles. The number of rotatable bonds is 5. The molecule has 92 valence electrons. The van der Waals surface area contributed by atoms with Crippen molar-refractivity contribution in [1.29, 1.82) is 0 Å². The van der Waals surface area contributed by atoms with Crippen molar-refractivity contribution in [3.8, 4) is 5.75 Å². The van der Waals surface area contributed by atoms with Crippen LogP contribution in [0.15, 0.2) is 6.20 Å². The van der Waals surface area contributed by atoms with Gasteiger partial charge in [-0.05, 0) is 12.8 Å². The summed E-state index contributed by atoms with van der Waals surface area (Å²) >= 11 is 0. The maximum Gasteiger partial charge on any atom is 0.170 e. The van der Waals surface area contributed by atoms with Crippen LogP contribution in [0.3, 0.4) is 0 Å². The molecule has 5 heteroatoms. The molecule has 0 radical (unpaired) electrons. The monoisotopic (exact) mass is 229 g/mol. The highest BCUT2D eigenvalue weighted by Crippen LogP contribution is 2.38. The first-order valence-corrected chi connectivity index (χ1v) is 5.50. The Labute approximate surface area is 95.6 Å². The molecule has 1 unspecified atom stereocenters. The Morgan fingerprint density at radius 3 is 2.62 bits per heavy atom. The minimum absolute atomic E-state index is 0.0767. The second-order valence-electron chi connectivity index (χ2n) is 4.10. The molecule has 16 heavy (non-hydrogen) atoms. The highest BCUT2D eigenvalue weighted by atomic mass is 19.1. The number of nitrogens with zero attached hydrogens (tertiary/aromatic N) is 2. The smallest absolute Gasteiger partial charge is 0.170 e. The van der Waals surface area contributed by atoms with Crippen molar-refractivity contribution in [3.63, 3.8) is 0 Å². The summed E-state index contributed by atoms with van der Waals surface area (Å²) in [5.41, 5.74) is 4.42. The largest absolute Gasteiger partial charge is 0.493 e. The van der Waals surface area contributed by atoms with Crippen LogP contribution in [0.5, 0.6) is 5.75 Å². The van der Waals surface area contributed by atoms with Gasteiger partial charge in [0.2, 0.25) is 0 Å². The molecule has 0 spiro atoms. The summed E-state index contributed by atoms with van der Waals surface area (Å²) in [6, 6.07) is 0. The molecule has 0 aliphatic heterocycles. The number of nitrogens with two attached hydrogens (primary N) is 1. The van der Waals surface area contributed by atoms with Crippen molar-refractivity contribution in [2.45, 2.75) is 33.0 Å². The second kappa shape index (κ2) is 4.82. The van der Waals surface area contributed by atoms with Gasteiger partial charge < -0.3 is 10.5 Å². The minimum atomic E-state index is -1.60. The van der Waals surface area contributed by atoms with E-state index in [-0.39, 0.29) is 12.5 Å². The average molecular weight is 229 g/mol. The number of aromatic nitrogens is 2. The first-order chi connectivity index (χ1) is 7.51. The molecule has 0 saturated carbocycles. The van der Waals surface area contributed by atoms with Crippen LogP contribution in [0.1, 0.15) is 26.5 Å². The Bertz CT molecular complexity index is 329. The van der Waals surface area contributed by atoms with Gasteiger partial charge >= 0.3 is 0 Å². The maximum absolute atomic E-state index is 14.8. The molecular weight excluding hydrogens is 209 g/mol. The van der Waals surface area contributed by atoms with Crippen molar-refractivity contribution >= 4 is 0 Å². The van der Waals surface area contributed by atoms with E-state index in [0.717, 1.165) is 0 Å². The molecule has 1 aromatic heterocycles. The third-order valence-electron chi connectivity index (χ3n) is 2.93. The zero-order valence-electron chi connectivity index (χ0n) is 10.3. The third kappa shape index (κ3) is 1.91. The SMILES string of the molecule is CCn1ncc(OC)c1C(F)(CN)C(C)C. The Kier molecular flexibility index (Phi) is 3.91. The summed E-state index contributed by atoms with van der Waals surface area (Å²) in [5.74, 6) is 0.233. The first kappa shape index (κ1) is 13.0. The van der Waals surface area contributed by atoms with Crippen LogP contribution in [0, 0.1) is 5.92 Å². The zero-order chi connectivity index (χ0) is 12.3. The molecule has 0 amide bonds. The standard InChI is InChI=1S/C11H20FN3O/c1-5-15-10(9(16-4)6-14-15)11(12,7-13)8(2)3/h6,8H,5,7,13H2,1-4H3. The second-order valence-corrected chi connectivity index (χ2v) is 4.10.